The van der Waals surface area contributed by atoms with Gasteiger partial charge in [-0.25, -0.2) is 13.1 Å². The van der Waals surface area contributed by atoms with Gasteiger partial charge in [0.1, 0.15) is 15.6 Å². The fourth-order valence-electron chi connectivity index (χ4n) is 2.35. The molecule has 4 rings (SSSR count). The van der Waals surface area contributed by atoms with E-state index in [2.05, 4.69) is 5.16 Å². The number of nitrogens with one attached hydrogen (secondary N) is 1. The van der Waals surface area contributed by atoms with Gasteiger partial charge >= 0.3 is 0 Å². The Balaban J connectivity index is 1.85. The maximum absolute atomic E-state index is 13.4. The van der Waals surface area contributed by atoms with Gasteiger partial charge in [0.05, 0.1) is 7.62 Å². The van der Waals surface area contributed by atoms with Gasteiger partial charge in [-0.15, -0.1) is 11.3 Å². The van der Waals surface area contributed by atoms with Crippen molar-refractivity contribution in [3.63, 3.8) is 0 Å². The summed E-state index contributed by atoms with van der Waals surface area (Å²) in [5, 5.41) is 4.62. The van der Waals surface area contributed by atoms with Crippen LogP contribution < -0.4 is 14.2 Å². The zero-order valence-corrected chi connectivity index (χ0v) is 16.8. The minimum atomic E-state index is -4.55. The Bertz CT molecular complexity index is 1500. The molecule has 0 amide bonds. The van der Waals surface area contributed by atoms with Crippen LogP contribution in [0, 0.1) is 13.8 Å². The third-order valence-corrected chi connectivity index (χ3v) is 6.58. The normalized spacial score (nSPS) is 17.4. The topological polar surface area (TPSA) is 108 Å². The molecule has 11 heteroatoms. The Labute approximate surface area is 185 Å². The van der Waals surface area contributed by atoms with Crippen LogP contribution in [0.4, 0.5) is 5.88 Å². The molecular formula is C18H15ClN2O6S2. The van der Waals surface area contributed by atoms with Crippen LogP contribution in [-0.4, -0.2) is 26.2 Å². The number of sulfonamides is 1. The molecule has 8 nitrogen and oxygen atoms in total. The summed E-state index contributed by atoms with van der Waals surface area (Å²) in [5.74, 6) is -2.62. The maximum atomic E-state index is 13.4. The lowest BCUT2D eigenvalue weighted by molar-refractivity contribution is 0.0994. The van der Waals surface area contributed by atoms with E-state index in [1.165, 1.54) is 12.3 Å². The van der Waals surface area contributed by atoms with Crippen molar-refractivity contribution in [3.05, 3.63) is 50.3 Å². The summed E-state index contributed by atoms with van der Waals surface area (Å²) in [6, 6.07) is -0.526. The van der Waals surface area contributed by atoms with Crippen molar-refractivity contribution in [1.82, 2.24) is 5.16 Å². The third kappa shape index (κ3) is 3.70. The number of ketones is 1. The van der Waals surface area contributed by atoms with Crippen LogP contribution in [0.15, 0.2) is 32.9 Å². The number of carbonyl (C=O) groups excluding carboxylic acids is 1. The molecule has 2 aromatic heterocycles. The molecule has 0 aliphatic carbocycles. The number of aromatic nitrogens is 1. The quantitative estimate of drug-likeness (QED) is 0.553. The number of benzene rings is 1. The molecule has 0 saturated heterocycles. The van der Waals surface area contributed by atoms with Crippen molar-refractivity contribution >= 4 is 44.6 Å². The van der Waals surface area contributed by atoms with E-state index >= 15 is 0 Å². The SMILES string of the molecule is [2H]c1c2c(c([2H])c(C([2H])([2H])C(=O)c3sccc3S(=O)(=O)Nc3onc(C)c3Cl)c1C([2H])([2H])[2H])OCO2. The summed E-state index contributed by atoms with van der Waals surface area (Å²) in [7, 11) is -4.55. The van der Waals surface area contributed by atoms with Crippen molar-refractivity contribution in [2.24, 2.45) is 0 Å². The van der Waals surface area contributed by atoms with Crippen molar-refractivity contribution in [1.29, 1.82) is 0 Å². The number of Topliss-reactive ketones (excluding diaryl/α,β-unsaturated/α-hetero) is 1. The van der Waals surface area contributed by atoms with Gasteiger partial charge in [0.15, 0.2) is 17.3 Å². The molecule has 0 bridgehead atoms. The zero-order chi connectivity index (χ0) is 26.8. The van der Waals surface area contributed by atoms with Gasteiger partial charge in [-0.1, -0.05) is 16.8 Å². The Morgan fingerprint density at radius 1 is 1.45 bits per heavy atom. The minimum absolute atomic E-state index is 0.124. The second-order valence-corrected chi connectivity index (χ2v) is 8.59. The fraction of sp³-hybridized carbons (Fsp3) is 0.222. The summed E-state index contributed by atoms with van der Waals surface area (Å²) in [6.07, 6.45) is -3.26. The molecule has 29 heavy (non-hydrogen) atoms. The largest absolute Gasteiger partial charge is 0.454 e. The number of hydrogen-bond donors (Lipinski definition) is 1. The minimum Gasteiger partial charge on any atom is -0.454 e. The molecule has 0 spiro atoms. The molecule has 0 unspecified atom stereocenters. The summed E-state index contributed by atoms with van der Waals surface area (Å²) in [6.45, 7) is -2.09. The van der Waals surface area contributed by atoms with Crippen LogP contribution in [0.25, 0.3) is 0 Å². The summed E-state index contributed by atoms with van der Waals surface area (Å²) in [4.78, 5) is 12.2. The van der Waals surface area contributed by atoms with Crippen LogP contribution in [-0.2, 0) is 16.4 Å². The molecule has 1 N–H and O–H groups in total. The van der Waals surface area contributed by atoms with E-state index in [4.69, 9.17) is 35.2 Å². The second kappa shape index (κ2) is 7.36. The van der Waals surface area contributed by atoms with Crippen LogP contribution in [0.1, 0.15) is 36.1 Å². The number of fused-ring (bicyclic) bond motifs is 1. The Morgan fingerprint density at radius 2 is 2.21 bits per heavy atom. The average Bonchev–Trinajstić information content (AvgIpc) is 3.52. The van der Waals surface area contributed by atoms with E-state index in [-0.39, 0.29) is 16.5 Å². The lowest BCUT2D eigenvalue weighted by atomic mass is 10.0. The number of anilines is 1. The molecule has 0 radical (unpaired) electrons. The highest BCUT2D eigenvalue weighted by Gasteiger charge is 2.27. The monoisotopic (exact) mass is 461 g/mol. The van der Waals surface area contributed by atoms with Gasteiger partial charge in [0.25, 0.3) is 15.9 Å². The number of hydrogen-bond acceptors (Lipinski definition) is 8. The van der Waals surface area contributed by atoms with Gasteiger partial charge in [-0.3, -0.25) is 4.79 Å². The first-order valence-electron chi connectivity index (χ1n) is 11.3. The average molecular weight is 462 g/mol. The lowest BCUT2D eigenvalue weighted by Gasteiger charge is -2.09. The van der Waals surface area contributed by atoms with E-state index in [9.17, 15) is 13.2 Å². The summed E-state index contributed by atoms with van der Waals surface area (Å²) >= 11 is 6.53. The number of rotatable bonds is 6. The van der Waals surface area contributed by atoms with Crippen molar-refractivity contribution < 1.29 is 36.8 Å². The van der Waals surface area contributed by atoms with Gasteiger partial charge in [0.2, 0.25) is 6.79 Å². The van der Waals surface area contributed by atoms with E-state index < -0.39 is 80.4 Å². The van der Waals surface area contributed by atoms with Gasteiger partial charge in [0, 0.05) is 13.2 Å². The molecule has 3 aromatic rings. The van der Waals surface area contributed by atoms with Crippen molar-refractivity contribution in [3.8, 4) is 11.5 Å². The number of halogens is 1. The Morgan fingerprint density at radius 3 is 2.90 bits per heavy atom. The van der Waals surface area contributed by atoms with E-state index in [1.807, 2.05) is 4.72 Å². The van der Waals surface area contributed by atoms with E-state index in [0.29, 0.717) is 11.3 Å². The standard InChI is InChI=1S/C18H15ClN2O6S2/c1-9-5-13-14(26-8-25-13)7-11(9)6-12(22)17-15(3-4-28-17)29(23,24)21-18-16(19)10(2)20-27-18/h3-5,7,21H,6,8H2,1-2H3/i1D3,5D,6D2,7D. The maximum Gasteiger partial charge on any atom is 0.265 e. The number of ether oxygens (including phenoxy) is 2. The third-order valence-electron chi connectivity index (χ3n) is 3.72. The number of nitrogens with zero attached hydrogens (tertiary/aromatic N) is 1. The number of thiophene rings is 1. The zero-order valence-electron chi connectivity index (χ0n) is 21.5. The van der Waals surface area contributed by atoms with Gasteiger partial charge in [-0.05, 0) is 48.4 Å². The first kappa shape index (κ1) is 12.9. The highest BCUT2D eigenvalue weighted by Crippen LogP contribution is 2.36. The fourth-order valence-corrected chi connectivity index (χ4v) is 4.85. The second-order valence-electron chi connectivity index (χ2n) is 5.65. The molecule has 152 valence electrons. The molecule has 0 atom stereocenters. The van der Waals surface area contributed by atoms with Crippen LogP contribution >= 0.6 is 22.9 Å². The molecule has 1 aliphatic rings. The smallest absolute Gasteiger partial charge is 0.265 e. The molecule has 1 aromatic carbocycles. The van der Waals surface area contributed by atoms with Crippen molar-refractivity contribution in [2.45, 2.75) is 25.0 Å². The first-order chi connectivity index (χ1) is 16.6. The van der Waals surface area contributed by atoms with Crippen LogP contribution in [0.3, 0.4) is 0 Å². The Hall–Kier alpha value is -2.56. The summed E-state index contributed by atoms with van der Waals surface area (Å²) < 4.78 is 100. The molecular weight excluding hydrogens is 440 g/mol. The lowest BCUT2D eigenvalue weighted by Crippen LogP contribution is -2.16. The number of carbonyl (C=O) groups is 1. The van der Waals surface area contributed by atoms with Gasteiger partial charge < -0.3 is 14.0 Å². The molecule has 1 aliphatic heterocycles. The number of aryl methyl sites for hydroxylation is 1. The molecule has 0 saturated carbocycles. The van der Waals surface area contributed by atoms with Crippen LogP contribution in [0.2, 0.25) is 5.02 Å². The van der Waals surface area contributed by atoms with Gasteiger partial charge in [-0.2, -0.15) is 0 Å². The highest BCUT2D eigenvalue weighted by molar-refractivity contribution is 7.93. The predicted molar refractivity (Wildman–Crippen MR) is 107 cm³/mol. The van der Waals surface area contributed by atoms with E-state index in [1.54, 1.807) is 0 Å². The summed E-state index contributed by atoms with van der Waals surface area (Å²) in [5.41, 5.74) is -1.67. The van der Waals surface area contributed by atoms with Crippen LogP contribution in [0.5, 0.6) is 11.5 Å². The highest BCUT2D eigenvalue weighted by atomic mass is 35.5. The predicted octanol–water partition coefficient (Wildman–Crippen LogP) is 3.96. The molecule has 3 heterocycles. The first-order valence-corrected chi connectivity index (χ1v) is 10.5. The molecule has 0 fully saturated rings. The Kier molecular flexibility index (Phi) is 3.27. The van der Waals surface area contributed by atoms with E-state index in [0.717, 1.165) is 6.07 Å². The van der Waals surface area contributed by atoms with Crippen molar-refractivity contribution in [2.75, 3.05) is 11.5 Å².